The number of imidazole rings is 1. The maximum absolute atomic E-state index is 5.23. The van der Waals surface area contributed by atoms with Crippen molar-refractivity contribution < 1.29 is 0 Å². The molecule has 0 fully saturated rings. The van der Waals surface area contributed by atoms with Gasteiger partial charge in [0.1, 0.15) is 5.82 Å². The molecule has 58 heavy (non-hydrogen) atoms. The summed E-state index contributed by atoms with van der Waals surface area (Å²) in [7, 11) is 0. The highest BCUT2D eigenvalue weighted by molar-refractivity contribution is 7.22. The van der Waals surface area contributed by atoms with Crippen LogP contribution >= 0.6 is 22.7 Å². The van der Waals surface area contributed by atoms with Crippen molar-refractivity contribution in [3.63, 3.8) is 0 Å². The zero-order chi connectivity index (χ0) is 38.2. The summed E-state index contributed by atoms with van der Waals surface area (Å²) >= 11 is 3.42. The Labute approximate surface area is 340 Å². The lowest BCUT2D eigenvalue weighted by molar-refractivity contribution is 0.957. The second kappa shape index (κ2) is 13.2. The normalized spacial score (nSPS) is 11.8. The van der Waals surface area contributed by atoms with E-state index in [4.69, 9.17) is 19.9 Å². The predicted molar refractivity (Wildman–Crippen MR) is 241 cm³/mol. The van der Waals surface area contributed by atoms with E-state index in [1.807, 2.05) is 12.1 Å². The molecule has 0 saturated heterocycles. The van der Waals surface area contributed by atoms with E-state index >= 15 is 0 Å². The number of aromatic nitrogens is 6. The first-order valence-electron chi connectivity index (χ1n) is 19.1. The second-order valence-electron chi connectivity index (χ2n) is 14.3. The second-order valence-corrected chi connectivity index (χ2v) is 16.5. The summed E-state index contributed by atoms with van der Waals surface area (Å²) in [5.74, 6) is 2.85. The number of fused-ring (bicyclic) bond motifs is 6. The molecule has 5 heterocycles. The van der Waals surface area contributed by atoms with Crippen LogP contribution in [0.3, 0.4) is 0 Å². The lowest BCUT2D eigenvalue weighted by Crippen LogP contribution is -2.05. The first-order chi connectivity index (χ1) is 28.7. The van der Waals surface area contributed by atoms with Gasteiger partial charge in [0.2, 0.25) is 5.95 Å². The maximum atomic E-state index is 5.23. The van der Waals surface area contributed by atoms with Crippen molar-refractivity contribution in [2.24, 2.45) is 0 Å². The van der Waals surface area contributed by atoms with Crippen LogP contribution in [0.2, 0.25) is 0 Å². The highest BCUT2D eigenvalue weighted by atomic mass is 32.1. The van der Waals surface area contributed by atoms with Gasteiger partial charge in [-0.25, -0.2) is 9.97 Å². The van der Waals surface area contributed by atoms with Crippen molar-refractivity contribution in [3.8, 4) is 55.6 Å². The van der Waals surface area contributed by atoms with Gasteiger partial charge in [-0.3, -0.25) is 9.13 Å². The van der Waals surface area contributed by atoms with E-state index in [1.54, 1.807) is 22.7 Å². The molecular formula is C50H30N6S2. The number of hydrogen-bond acceptors (Lipinski definition) is 6. The molecule has 0 unspecified atom stereocenters. The summed E-state index contributed by atoms with van der Waals surface area (Å²) in [6.45, 7) is 0. The largest absolute Gasteiger partial charge is 0.292 e. The first-order valence-corrected chi connectivity index (χ1v) is 20.8. The molecule has 272 valence electrons. The Hall–Kier alpha value is -7.26. The van der Waals surface area contributed by atoms with Gasteiger partial charge < -0.3 is 0 Å². The molecule has 0 saturated carbocycles. The van der Waals surface area contributed by atoms with Gasteiger partial charge in [0.05, 0.1) is 31.8 Å². The van der Waals surface area contributed by atoms with E-state index in [1.165, 1.54) is 20.2 Å². The average molecular weight is 779 g/mol. The van der Waals surface area contributed by atoms with Gasteiger partial charge >= 0.3 is 0 Å². The van der Waals surface area contributed by atoms with E-state index in [0.29, 0.717) is 17.6 Å². The molecule has 0 aliphatic carbocycles. The zero-order valence-electron chi connectivity index (χ0n) is 30.8. The zero-order valence-corrected chi connectivity index (χ0v) is 32.5. The molecule has 0 N–H and O–H groups in total. The van der Waals surface area contributed by atoms with Crippen LogP contribution in [0, 0.1) is 0 Å². The SMILES string of the molecule is c1ccc(-n2c(-c3ccc(-c4ccc5c(c4)c4ccccc4n5-c4nc(-c5cc6ccccc6s5)nc(-c5cc6ccccc6s5)n4)cc3)nc3ccccc32)cc1. The minimum atomic E-state index is 0.597. The van der Waals surface area contributed by atoms with E-state index in [-0.39, 0.29) is 0 Å². The third-order valence-corrected chi connectivity index (χ3v) is 13.1. The van der Waals surface area contributed by atoms with Crippen molar-refractivity contribution in [3.05, 3.63) is 182 Å². The summed E-state index contributed by atoms with van der Waals surface area (Å²) in [5.41, 5.74) is 8.53. The number of para-hydroxylation sites is 4. The molecular weight excluding hydrogens is 749 g/mol. The standard InChI is InChI=1S/C50H30N6S2/c1-2-14-36(15-3-1)55-42-19-9-7-17-39(42)51-49(55)32-24-22-31(23-25-32)33-26-27-41-38(28-33)37-16-6-8-18-40(37)56(41)50-53-47(45-29-34-12-4-10-20-43(34)57-45)52-48(54-50)46-30-35-13-5-11-21-44(35)58-46/h1-30H. The van der Waals surface area contributed by atoms with Crippen molar-refractivity contribution in [2.75, 3.05) is 0 Å². The summed E-state index contributed by atoms with van der Waals surface area (Å²) < 4.78 is 6.84. The number of rotatable bonds is 6. The van der Waals surface area contributed by atoms with Crippen molar-refractivity contribution in [1.29, 1.82) is 0 Å². The van der Waals surface area contributed by atoms with Gasteiger partial charge in [0.25, 0.3) is 0 Å². The molecule has 0 bridgehead atoms. The lowest BCUT2D eigenvalue weighted by Gasteiger charge is -2.11. The molecule has 6 nitrogen and oxygen atoms in total. The quantitative estimate of drug-likeness (QED) is 0.169. The number of benzene rings is 7. The van der Waals surface area contributed by atoms with Crippen LogP contribution in [0.25, 0.3) is 109 Å². The monoisotopic (exact) mass is 778 g/mol. The fourth-order valence-corrected chi connectivity index (χ4v) is 10.1. The van der Waals surface area contributed by atoms with Crippen molar-refractivity contribution >= 4 is 75.7 Å². The van der Waals surface area contributed by atoms with Gasteiger partial charge in [-0.1, -0.05) is 115 Å². The fraction of sp³-hybridized carbons (Fsp3) is 0. The molecule has 0 radical (unpaired) electrons. The molecule has 8 heteroatoms. The lowest BCUT2D eigenvalue weighted by atomic mass is 10.0. The van der Waals surface area contributed by atoms with Crippen LogP contribution in [0.5, 0.6) is 0 Å². The van der Waals surface area contributed by atoms with Gasteiger partial charge in [-0.15, -0.1) is 22.7 Å². The Morgan fingerprint density at radius 2 is 0.948 bits per heavy atom. The van der Waals surface area contributed by atoms with Crippen LogP contribution in [0.4, 0.5) is 0 Å². The molecule has 5 aromatic heterocycles. The van der Waals surface area contributed by atoms with Crippen LogP contribution in [0.1, 0.15) is 0 Å². The third kappa shape index (κ3) is 5.38. The summed E-state index contributed by atoms with van der Waals surface area (Å²) in [6.07, 6.45) is 0. The Morgan fingerprint density at radius 3 is 1.66 bits per heavy atom. The number of thiophene rings is 2. The van der Waals surface area contributed by atoms with E-state index < -0.39 is 0 Å². The molecule has 0 amide bonds. The number of nitrogens with zero attached hydrogens (tertiary/aromatic N) is 6. The van der Waals surface area contributed by atoms with Crippen LogP contribution in [-0.4, -0.2) is 29.1 Å². The minimum Gasteiger partial charge on any atom is -0.292 e. The fourth-order valence-electron chi connectivity index (χ4n) is 8.11. The molecule has 0 spiro atoms. The van der Waals surface area contributed by atoms with E-state index in [2.05, 4.69) is 179 Å². The molecule has 0 atom stereocenters. The summed E-state index contributed by atoms with van der Waals surface area (Å²) in [4.78, 5) is 22.7. The summed E-state index contributed by atoms with van der Waals surface area (Å²) in [5, 5.41) is 4.63. The predicted octanol–water partition coefficient (Wildman–Crippen LogP) is 13.4. The van der Waals surface area contributed by atoms with E-state index in [0.717, 1.165) is 70.8 Å². The Kier molecular flexibility index (Phi) is 7.47. The van der Waals surface area contributed by atoms with Gasteiger partial charge in [0, 0.05) is 31.4 Å². The highest BCUT2D eigenvalue weighted by Crippen LogP contribution is 2.39. The Bertz CT molecular complexity index is 3360. The van der Waals surface area contributed by atoms with Gasteiger partial charge in [-0.05, 0) is 88.6 Å². The minimum absolute atomic E-state index is 0.597. The van der Waals surface area contributed by atoms with Gasteiger partial charge in [0.15, 0.2) is 11.6 Å². The third-order valence-electron chi connectivity index (χ3n) is 10.8. The van der Waals surface area contributed by atoms with Crippen LogP contribution in [-0.2, 0) is 0 Å². The van der Waals surface area contributed by atoms with E-state index in [9.17, 15) is 0 Å². The molecule has 12 rings (SSSR count). The van der Waals surface area contributed by atoms with Crippen LogP contribution < -0.4 is 0 Å². The summed E-state index contributed by atoms with van der Waals surface area (Å²) in [6, 6.07) is 64.0. The molecule has 7 aromatic carbocycles. The van der Waals surface area contributed by atoms with Gasteiger partial charge in [-0.2, -0.15) is 9.97 Å². The highest BCUT2D eigenvalue weighted by Gasteiger charge is 2.21. The van der Waals surface area contributed by atoms with Crippen LogP contribution in [0.15, 0.2) is 182 Å². The number of hydrogen-bond donors (Lipinski definition) is 0. The first kappa shape index (κ1) is 32.9. The molecule has 0 aliphatic rings. The maximum Gasteiger partial charge on any atom is 0.238 e. The molecule has 12 aromatic rings. The molecule has 0 aliphatic heterocycles. The topological polar surface area (TPSA) is 61.4 Å². The Balaban J connectivity index is 0.995. The van der Waals surface area contributed by atoms with Crippen molar-refractivity contribution in [2.45, 2.75) is 0 Å². The Morgan fingerprint density at radius 1 is 0.379 bits per heavy atom. The average Bonchev–Trinajstić information content (AvgIpc) is 4.08. The smallest absolute Gasteiger partial charge is 0.238 e. The van der Waals surface area contributed by atoms with Crippen molar-refractivity contribution in [1.82, 2.24) is 29.1 Å².